The minimum atomic E-state index is 0.115. The Morgan fingerprint density at radius 2 is 2.30 bits per heavy atom. The van der Waals surface area contributed by atoms with Crippen LogP contribution in [0.3, 0.4) is 0 Å². The van der Waals surface area contributed by atoms with Gasteiger partial charge in [0.2, 0.25) is 5.91 Å². The molecule has 5 heteroatoms. The third kappa shape index (κ3) is 4.00. The summed E-state index contributed by atoms with van der Waals surface area (Å²) in [5.74, 6) is 1.98. The van der Waals surface area contributed by atoms with Crippen LogP contribution < -0.4 is 4.74 Å². The molecule has 1 fully saturated rings. The Bertz CT molecular complexity index is 504. The number of hydrogen-bond donors (Lipinski definition) is 0. The fraction of sp³-hybridized carbons (Fsp3) is 0.467. The van der Waals surface area contributed by atoms with E-state index in [2.05, 4.69) is 0 Å². The minimum Gasteiger partial charge on any atom is -0.497 e. The lowest BCUT2D eigenvalue weighted by molar-refractivity contribution is -0.128. The van der Waals surface area contributed by atoms with E-state index in [0.717, 1.165) is 23.6 Å². The molecule has 4 nitrogen and oxygen atoms in total. The summed E-state index contributed by atoms with van der Waals surface area (Å²) in [4.78, 5) is 24.8. The van der Waals surface area contributed by atoms with Crippen molar-refractivity contribution >= 4 is 22.8 Å². The fourth-order valence-electron chi connectivity index (χ4n) is 2.34. The van der Waals surface area contributed by atoms with E-state index in [1.165, 1.54) is 11.8 Å². The van der Waals surface area contributed by atoms with Gasteiger partial charge in [-0.25, -0.2) is 0 Å². The van der Waals surface area contributed by atoms with Gasteiger partial charge in [0.15, 0.2) is 5.12 Å². The van der Waals surface area contributed by atoms with Crippen molar-refractivity contribution in [2.24, 2.45) is 5.92 Å². The first-order chi connectivity index (χ1) is 9.58. The van der Waals surface area contributed by atoms with Crippen LogP contribution >= 0.6 is 11.8 Å². The number of benzene rings is 1. The lowest BCUT2D eigenvalue weighted by atomic mass is 10.1. The van der Waals surface area contributed by atoms with E-state index in [0.29, 0.717) is 13.0 Å². The van der Waals surface area contributed by atoms with E-state index >= 15 is 0 Å². The molecule has 0 spiro atoms. The van der Waals surface area contributed by atoms with E-state index < -0.39 is 0 Å². The van der Waals surface area contributed by atoms with Crippen LogP contribution in [0.2, 0.25) is 0 Å². The van der Waals surface area contributed by atoms with Crippen molar-refractivity contribution in [2.45, 2.75) is 19.9 Å². The standard InChI is InChI=1S/C15H19NO3S/c1-11(17)20-10-13-7-15(18)16(9-13)8-12-4-3-5-14(6-12)19-2/h3-6,13H,7-10H2,1-2H3. The number of ether oxygens (including phenoxy) is 1. The van der Waals surface area contributed by atoms with Crippen molar-refractivity contribution in [3.8, 4) is 5.75 Å². The van der Waals surface area contributed by atoms with Gasteiger partial charge in [0.05, 0.1) is 7.11 Å². The van der Waals surface area contributed by atoms with Crippen LogP contribution in [0, 0.1) is 5.92 Å². The zero-order chi connectivity index (χ0) is 14.5. The van der Waals surface area contributed by atoms with Crippen LogP contribution in [0.1, 0.15) is 18.9 Å². The van der Waals surface area contributed by atoms with Crippen LogP contribution in [0.25, 0.3) is 0 Å². The van der Waals surface area contributed by atoms with Gasteiger partial charge in [0, 0.05) is 32.2 Å². The number of thioether (sulfide) groups is 1. The van der Waals surface area contributed by atoms with Gasteiger partial charge < -0.3 is 9.64 Å². The predicted octanol–water partition coefficient (Wildman–Crippen LogP) is 2.32. The van der Waals surface area contributed by atoms with Crippen molar-refractivity contribution in [3.05, 3.63) is 29.8 Å². The minimum absolute atomic E-state index is 0.115. The van der Waals surface area contributed by atoms with Gasteiger partial charge in [-0.1, -0.05) is 23.9 Å². The van der Waals surface area contributed by atoms with Gasteiger partial charge in [-0.05, 0) is 23.6 Å². The molecule has 0 aliphatic carbocycles. The average Bonchev–Trinajstić information content (AvgIpc) is 2.77. The summed E-state index contributed by atoms with van der Waals surface area (Å²) < 4.78 is 5.19. The molecular weight excluding hydrogens is 274 g/mol. The molecule has 1 aromatic carbocycles. The molecule has 1 saturated heterocycles. The molecule has 1 amide bonds. The van der Waals surface area contributed by atoms with Crippen molar-refractivity contribution in [1.29, 1.82) is 0 Å². The second-order valence-electron chi connectivity index (χ2n) is 5.00. The Kier molecular flexibility index (Phi) is 5.06. The van der Waals surface area contributed by atoms with Gasteiger partial charge in [-0.15, -0.1) is 0 Å². The number of hydrogen-bond acceptors (Lipinski definition) is 4. The molecule has 1 aromatic rings. The number of methoxy groups -OCH3 is 1. The topological polar surface area (TPSA) is 46.6 Å². The molecule has 1 aliphatic heterocycles. The highest BCUT2D eigenvalue weighted by Crippen LogP contribution is 2.24. The highest BCUT2D eigenvalue weighted by atomic mass is 32.2. The second-order valence-corrected chi connectivity index (χ2v) is 6.20. The Balaban J connectivity index is 1.92. The van der Waals surface area contributed by atoms with E-state index in [1.54, 1.807) is 14.0 Å². The molecule has 0 bridgehead atoms. The Hall–Kier alpha value is -1.49. The van der Waals surface area contributed by atoms with Gasteiger partial charge >= 0.3 is 0 Å². The molecule has 20 heavy (non-hydrogen) atoms. The average molecular weight is 293 g/mol. The molecule has 0 saturated carbocycles. The monoisotopic (exact) mass is 293 g/mol. The SMILES string of the molecule is COc1cccc(CN2CC(CSC(C)=O)CC2=O)c1. The number of carbonyl (C=O) groups excluding carboxylic acids is 2. The molecule has 0 N–H and O–H groups in total. The molecule has 0 aromatic heterocycles. The van der Waals surface area contributed by atoms with Gasteiger partial charge in [0.25, 0.3) is 0 Å². The predicted molar refractivity (Wildman–Crippen MR) is 79.7 cm³/mol. The van der Waals surface area contributed by atoms with Crippen LogP contribution in [0.15, 0.2) is 24.3 Å². The Morgan fingerprint density at radius 3 is 3.00 bits per heavy atom. The van der Waals surface area contributed by atoms with E-state index in [9.17, 15) is 9.59 Å². The summed E-state index contributed by atoms with van der Waals surface area (Å²) in [5, 5.41) is 0.115. The smallest absolute Gasteiger partial charge is 0.223 e. The summed E-state index contributed by atoms with van der Waals surface area (Å²) >= 11 is 1.31. The maximum atomic E-state index is 12.0. The van der Waals surface area contributed by atoms with Crippen LogP contribution in [-0.2, 0) is 16.1 Å². The van der Waals surface area contributed by atoms with E-state index in [4.69, 9.17) is 4.74 Å². The number of nitrogens with zero attached hydrogens (tertiary/aromatic N) is 1. The zero-order valence-electron chi connectivity index (χ0n) is 11.8. The molecular formula is C15H19NO3S. The molecule has 1 unspecified atom stereocenters. The quantitative estimate of drug-likeness (QED) is 0.836. The van der Waals surface area contributed by atoms with Crippen LogP contribution in [-0.4, -0.2) is 35.3 Å². The summed E-state index contributed by atoms with van der Waals surface area (Å²) in [7, 11) is 1.63. The highest BCUT2D eigenvalue weighted by Gasteiger charge is 2.29. The maximum Gasteiger partial charge on any atom is 0.223 e. The number of carbonyl (C=O) groups is 2. The maximum absolute atomic E-state index is 12.0. The largest absolute Gasteiger partial charge is 0.497 e. The molecule has 1 atom stereocenters. The van der Waals surface area contributed by atoms with Gasteiger partial charge in [0.1, 0.15) is 5.75 Å². The fourth-order valence-corrected chi connectivity index (χ4v) is 3.04. The lowest BCUT2D eigenvalue weighted by Crippen LogP contribution is -2.24. The van der Waals surface area contributed by atoms with Gasteiger partial charge in [-0.3, -0.25) is 9.59 Å². The van der Waals surface area contributed by atoms with Crippen molar-refractivity contribution in [3.63, 3.8) is 0 Å². The summed E-state index contributed by atoms with van der Waals surface area (Å²) in [6.45, 7) is 2.91. The van der Waals surface area contributed by atoms with Crippen molar-refractivity contribution in [2.75, 3.05) is 19.4 Å². The molecule has 1 aliphatic rings. The summed E-state index contributed by atoms with van der Waals surface area (Å²) in [6.07, 6.45) is 0.546. The number of amides is 1. The molecule has 2 rings (SSSR count). The third-order valence-corrected chi connectivity index (χ3v) is 4.37. The highest BCUT2D eigenvalue weighted by molar-refractivity contribution is 8.13. The Morgan fingerprint density at radius 1 is 1.50 bits per heavy atom. The van der Waals surface area contributed by atoms with E-state index in [-0.39, 0.29) is 16.9 Å². The Labute approximate surface area is 123 Å². The first-order valence-corrected chi connectivity index (χ1v) is 7.61. The normalized spacial score (nSPS) is 18.4. The van der Waals surface area contributed by atoms with Crippen molar-refractivity contribution in [1.82, 2.24) is 4.90 Å². The molecule has 1 heterocycles. The first kappa shape index (κ1) is 14.9. The second kappa shape index (κ2) is 6.79. The molecule has 108 valence electrons. The number of rotatable bonds is 5. The lowest BCUT2D eigenvalue weighted by Gasteiger charge is -2.17. The van der Waals surface area contributed by atoms with Gasteiger partial charge in [-0.2, -0.15) is 0 Å². The number of likely N-dealkylation sites (tertiary alicyclic amines) is 1. The van der Waals surface area contributed by atoms with Crippen LogP contribution in [0.5, 0.6) is 5.75 Å². The van der Waals surface area contributed by atoms with E-state index in [1.807, 2.05) is 29.2 Å². The summed E-state index contributed by atoms with van der Waals surface area (Å²) in [6, 6.07) is 7.76. The van der Waals surface area contributed by atoms with Crippen molar-refractivity contribution < 1.29 is 14.3 Å². The first-order valence-electron chi connectivity index (χ1n) is 6.62. The molecule has 0 radical (unpaired) electrons. The third-order valence-electron chi connectivity index (χ3n) is 3.32. The van der Waals surface area contributed by atoms with Crippen LogP contribution in [0.4, 0.5) is 0 Å². The zero-order valence-corrected chi connectivity index (χ0v) is 12.6. The summed E-state index contributed by atoms with van der Waals surface area (Å²) in [5.41, 5.74) is 1.07.